The highest BCUT2D eigenvalue weighted by atomic mass is 35.5. The number of rotatable bonds is 7. The fourth-order valence-corrected chi connectivity index (χ4v) is 3.11. The first-order valence-corrected chi connectivity index (χ1v) is 9.85. The Morgan fingerprint density at radius 2 is 1.94 bits per heavy atom. The predicted molar refractivity (Wildman–Crippen MR) is 116 cm³/mol. The van der Waals surface area contributed by atoms with E-state index in [4.69, 9.17) is 16.3 Å². The van der Waals surface area contributed by atoms with Crippen LogP contribution in [0.15, 0.2) is 54.9 Å². The SMILES string of the molecule is CCOc1cc(N(C(C)=O)c2cc(NC(=O)Cc3cccc(F)c3Cl)ccn2)ccn1. The highest BCUT2D eigenvalue weighted by molar-refractivity contribution is 6.31. The summed E-state index contributed by atoms with van der Waals surface area (Å²) >= 11 is 5.92. The van der Waals surface area contributed by atoms with Crippen LogP contribution in [0.3, 0.4) is 0 Å². The summed E-state index contributed by atoms with van der Waals surface area (Å²) < 4.78 is 19.0. The van der Waals surface area contributed by atoms with Gasteiger partial charge < -0.3 is 10.1 Å². The van der Waals surface area contributed by atoms with Crippen molar-refractivity contribution in [2.24, 2.45) is 0 Å². The first kappa shape index (κ1) is 22.2. The summed E-state index contributed by atoms with van der Waals surface area (Å²) in [6, 6.07) is 10.7. The van der Waals surface area contributed by atoms with E-state index >= 15 is 0 Å². The lowest BCUT2D eigenvalue weighted by Crippen LogP contribution is -2.24. The van der Waals surface area contributed by atoms with E-state index in [0.717, 1.165) is 0 Å². The number of nitrogens with zero attached hydrogens (tertiary/aromatic N) is 3. The number of anilines is 3. The zero-order valence-electron chi connectivity index (χ0n) is 16.9. The molecule has 31 heavy (non-hydrogen) atoms. The van der Waals surface area contributed by atoms with Crippen LogP contribution in [0.4, 0.5) is 21.6 Å². The normalized spacial score (nSPS) is 10.5. The molecule has 0 unspecified atom stereocenters. The number of carbonyl (C=O) groups excluding carboxylic acids is 2. The molecule has 0 aliphatic carbocycles. The lowest BCUT2D eigenvalue weighted by Gasteiger charge is -2.21. The third-order valence-electron chi connectivity index (χ3n) is 4.22. The molecule has 0 radical (unpaired) electrons. The maximum absolute atomic E-state index is 13.6. The Labute approximate surface area is 183 Å². The van der Waals surface area contributed by atoms with E-state index in [1.807, 2.05) is 6.92 Å². The van der Waals surface area contributed by atoms with Crippen LogP contribution in [0.25, 0.3) is 0 Å². The van der Waals surface area contributed by atoms with Crippen molar-refractivity contribution in [1.29, 1.82) is 0 Å². The van der Waals surface area contributed by atoms with Gasteiger partial charge in [-0.2, -0.15) is 0 Å². The highest BCUT2D eigenvalue weighted by Crippen LogP contribution is 2.28. The zero-order chi connectivity index (χ0) is 22.4. The molecule has 0 spiro atoms. The molecule has 2 aromatic heterocycles. The summed E-state index contributed by atoms with van der Waals surface area (Å²) in [6.45, 7) is 3.67. The van der Waals surface area contributed by atoms with E-state index < -0.39 is 5.82 Å². The summed E-state index contributed by atoms with van der Waals surface area (Å²) in [5.74, 6) is -0.567. The Hall–Kier alpha value is -3.52. The van der Waals surface area contributed by atoms with E-state index in [9.17, 15) is 14.0 Å². The minimum atomic E-state index is -0.584. The molecule has 0 fully saturated rings. The van der Waals surface area contributed by atoms with Crippen molar-refractivity contribution in [2.75, 3.05) is 16.8 Å². The summed E-state index contributed by atoms with van der Waals surface area (Å²) in [7, 11) is 0. The lowest BCUT2D eigenvalue weighted by molar-refractivity contribution is -0.116. The molecular formula is C22H20ClFN4O3. The van der Waals surface area contributed by atoms with Crippen molar-refractivity contribution in [1.82, 2.24) is 9.97 Å². The van der Waals surface area contributed by atoms with Gasteiger partial charge in [0, 0.05) is 37.1 Å². The highest BCUT2D eigenvalue weighted by Gasteiger charge is 2.18. The maximum atomic E-state index is 13.6. The number of hydrogen-bond donors (Lipinski definition) is 1. The molecule has 9 heteroatoms. The molecule has 1 aromatic carbocycles. The molecule has 3 rings (SSSR count). The maximum Gasteiger partial charge on any atom is 0.229 e. The molecular weight excluding hydrogens is 423 g/mol. The van der Waals surface area contributed by atoms with Crippen molar-refractivity contribution in [3.05, 3.63) is 71.3 Å². The van der Waals surface area contributed by atoms with Gasteiger partial charge in [-0.3, -0.25) is 14.5 Å². The molecule has 0 atom stereocenters. The van der Waals surface area contributed by atoms with Gasteiger partial charge in [0.1, 0.15) is 11.6 Å². The van der Waals surface area contributed by atoms with Gasteiger partial charge in [0.15, 0.2) is 0 Å². The van der Waals surface area contributed by atoms with E-state index in [0.29, 0.717) is 35.2 Å². The van der Waals surface area contributed by atoms with Crippen LogP contribution >= 0.6 is 11.6 Å². The Balaban J connectivity index is 1.82. The van der Waals surface area contributed by atoms with Gasteiger partial charge in [-0.25, -0.2) is 14.4 Å². The molecule has 2 amide bonds. The fourth-order valence-electron chi connectivity index (χ4n) is 2.92. The Kier molecular flexibility index (Phi) is 7.15. The molecule has 7 nitrogen and oxygen atoms in total. The summed E-state index contributed by atoms with van der Waals surface area (Å²) in [5.41, 5.74) is 1.32. The van der Waals surface area contributed by atoms with E-state index in [1.165, 1.54) is 36.4 Å². The molecule has 160 valence electrons. The van der Waals surface area contributed by atoms with Crippen molar-refractivity contribution in [3.63, 3.8) is 0 Å². The number of benzene rings is 1. The van der Waals surface area contributed by atoms with Gasteiger partial charge in [0.2, 0.25) is 17.7 Å². The molecule has 0 bridgehead atoms. The standard InChI is InChI=1S/C22H20ClFN4O3/c1-3-31-21-13-17(8-10-26-21)28(14(2)29)19-12-16(7-9-25-19)27-20(30)11-15-5-4-6-18(24)22(15)23/h4-10,12-13H,3,11H2,1-2H3,(H,25,27,30). The van der Waals surface area contributed by atoms with Crippen LogP contribution in [-0.4, -0.2) is 28.4 Å². The minimum absolute atomic E-state index is 0.0846. The Bertz CT molecular complexity index is 1110. The number of ether oxygens (including phenoxy) is 1. The number of halogens is 2. The largest absolute Gasteiger partial charge is 0.478 e. The first-order chi connectivity index (χ1) is 14.9. The van der Waals surface area contributed by atoms with E-state index in [2.05, 4.69) is 15.3 Å². The summed E-state index contributed by atoms with van der Waals surface area (Å²) in [4.78, 5) is 34.5. The lowest BCUT2D eigenvalue weighted by atomic mass is 10.1. The van der Waals surface area contributed by atoms with Crippen LogP contribution in [0.1, 0.15) is 19.4 Å². The predicted octanol–water partition coefficient (Wildman–Crippen LogP) is 4.53. The molecule has 0 saturated carbocycles. The van der Waals surface area contributed by atoms with Crippen molar-refractivity contribution < 1.29 is 18.7 Å². The van der Waals surface area contributed by atoms with Crippen LogP contribution in [0.2, 0.25) is 5.02 Å². The average Bonchev–Trinajstić information content (AvgIpc) is 2.72. The summed E-state index contributed by atoms with van der Waals surface area (Å²) in [5, 5.41) is 2.63. The average molecular weight is 443 g/mol. The van der Waals surface area contributed by atoms with Gasteiger partial charge in [-0.15, -0.1) is 0 Å². The molecule has 3 aromatic rings. The van der Waals surface area contributed by atoms with Gasteiger partial charge in [0.25, 0.3) is 0 Å². The van der Waals surface area contributed by atoms with E-state index in [-0.39, 0.29) is 23.3 Å². The van der Waals surface area contributed by atoms with E-state index in [1.54, 1.807) is 30.3 Å². The van der Waals surface area contributed by atoms with Crippen molar-refractivity contribution in [3.8, 4) is 5.88 Å². The number of hydrogen-bond acceptors (Lipinski definition) is 5. The van der Waals surface area contributed by atoms with Crippen LogP contribution < -0.4 is 15.0 Å². The number of amides is 2. The van der Waals surface area contributed by atoms with Crippen molar-refractivity contribution >= 4 is 40.6 Å². The number of pyridine rings is 2. The Morgan fingerprint density at radius 1 is 1.16 bits per heavy atom. The third-order valence-corrected chi connectivity index (χ3v) is 4.65. The number of aromatic nitrogens is 2. The molecule has 0 saturated heterocycles. The van der Waals surface area contributed by atoms with Gasteiger partial charge in [-0.05, 0) is 30.7 Å². The molecule has 2 heterocycles. The Morgan fingerprint density at radius 3 is 2.68 bits per heavy atom. The topological polar surface area (TPSA) is 84.4 Å². The molecule has 0 aliphatic heterocycles. The first-order valence-electron chi connectivity index (χ1n) is 9.47. The minimum Gasteiger partial charge on any atom is -0.478 e. The van der Waals surface area contributed by atoms with Gasteiger partial charge >= 0.3 is 0 Å². The second kappa shape index (κ2) is 9.99. The van der Waals surface area contributed by atoms with Gasteiger partial charge in [0.05, 0.1) is 23.7 Å². The number of nitrogens with one attached hydrogen (secondary N) is 1. The zero-order valence-corrected chi connectivity index (χ0v) is 17.7. The quantitative estimate of drug-likeness (QED) is 0.581. The fraction of sp³-hybridized carbons (Fsp3) is 0.182. The monoisotopic (exact) mass is 442 g/mol. The third kappa shape index (κ3) is 5.55. The number of carbonyl (C=O) groups is 2. The van der Waals surface area contributed by atoms with Gasteiger partial charge in [-0.1, -0.05) is 23.7 Å². The van der Waals surface area contributed by atoms with Crippen LogP contribution in [-0.2, 0) is 16.0 Å². The molecule has 0 aliphatic rings. The molecule has 1 N–H and O–H groups in total. The van der Waals surface area contributed by atoms with Crippen molar-refractivity contribution in [2.45, 2.75) is 20.3 Å². The summed E-state index contributed by atoms with van der Waals surface area (Å²) in [6.07, 6.45) is 2.90. The second-order valence-corrected chi connectivity index (χ2v) is 6.86. The second-order valence-electron chi connectivity index (χ2n) is 6.48. The van der Waals surface area contributed by atoms with Crippen LogP contribution in [0, 0.1) is 5.82 Å². The smallest absolute Gasteiger partial charge is 0.229 e. The van der Waals surface area contributed by atoms with Crippen LogP contribution in [0.5, 0.6) is 5.88 Å².